The summed E-state index contributed by atoms with van der Waals surface area (Å²) in [5.74, 6) is 2.08. The molecule has 126 valence electrons. The highest BCUT2D eigenvalue weighted by Gasteiger charge is 2.22. The fraction of sp³-hybridized carbons (Fsp3) is 0.500. The first-order valence-electron chi connectivity index (χ1n) is 8.88. The molecule has 1 unspecified atom stereocenters. The Morgan fingerprint density at radius 2 is 2.00 bits per heavy atom. The van der Waals surface area contributed by atoms with Crippen LogP contribution in [0, 0.1) is 0 Å². The fourth-order valence-corrected chi connectivity index (χ4v) is 3.54. The summed E-state index contributed by atoms with van der Waals surface area (Å²) < 4.78 is 2.24. The molecule has 24 heavy (non-hydrogen) atoms. The van der Waals surface area contributed by atoms with E-state index in [9.17, 15) is 4.79 Å². The normalized spacial score (nSPS) is 20.4. The first-order chi connectivity index (χ1) is 11.8. The molecule has 0 spiro atoms. The summed E-state index contributed by atoms with van der Waals surface area (Å²) in [4.78, 5) is 12.2. The van der Waals surface area contributed by atoms with E-state index in [0.717, 1.165) is 55.3 Å². The second kappa shape index (κ2) is 6.73. The lowest BCUT2D eigenvalue weighted by Crippen LogP contribution is -2.35. The van der Waals surface area contributed by atoms with E-state index < -0.39 is 0 Å². The molecule has 2 aliphatic heterocycles. The van der Waals surface area contributed by atoms with Gasteiger partial charge >= 0.3 is 0 Å². The number of benzene rings is 1. The summed E-state index contributed by atoms with van der Waals surface area (Å²) in [5.41, 5.74) is 1.88. The SMILES string of the molecule is O=C(Nc1ccc(-c2nnc3n2CCCCC3)cc1)C1CCCN1. The van der Waals surface area contributed by atoms with Crippen LogP contribution in [0.2, 0.25) is 0 Å². The molecule has 6 nitrogen and oxygen atoms in total. The Morgan fingerprint density at radius 1 is 1.12 bits per heavy atom. The van der Waals surface area contributed by atoms with Gasteiger partial charge in [0.15, 0.2) is 5.82 Å². The van der Waals surface area contributed by atoms with Crippen molar-refractivity contribution < 1.29 is 4.79 Å². The van der Waals surface area contributed by atoms with Gasteiger partial charge in [-0.05, 0) is 56.5 Å². The van der Waals surface area contributed by atoms with Gasteiger partial charge in [0.2, 0.25) is 5.91 Å². The van der Waals surface area contributed by atoms with Crippen molar-refractivity contribution in [3.63, 3.8) is 0 Å². The Balaban J connectivity index is 1.50. The van der Waals surface area contributed by atoms with Crippen LogP contribution in [-0.2, 0) is 17.8 Å². The topological polar surface area (TPSA) is 71.8 Å². The van der Waals surface area contributed by atoms with Crippen LogP contribution in [0.15, 0.2) is 24.3 Å². The van der Waals surface area contributed by atoms with Crippen molar-refractivity contribution in [1.29, 1.82) is 0 Å². The van der Waals surface area contributed by atoms with Crippen LogP contribution in [0.4, 0.5) is 5.69 Å². The highest BCUT2D eigenvalue weighted by molar-refractivity contribution is 5.95. The Labute approximate surface area is 141 Å². The third-order valence-corrected chi connectivity index (χ3v) is 4.90. The molecule has 4 rings (SSSR count). The number of aromatic nitrogens is 3. The number of amides is 1. The molecule has 6 heteroatoms. The zero-order chi connectivity index (χ0) is 16.4. The summed E-state index contributed by atoms with van der Waals surface area (Å²) in [5, 5.41) is 14.9. The molecule has 1 amide bonds. The largest absolute Gasteiger partial charge is 0.325 e. The molecule has 0 aliphatic carbocycles. The van der Waals surface area contributed by atoms with Crippen molar-refractivity contribution in [2.24, 2.45) is 0 Å². The Bertz CT molecular complexity index is 716. The Hall–Kier alpha value is -2.21. The number of fused-ring (bicyclic) bond motifs is 1. The highest BCUT2D eigenvalue weighted by Crippen LogP contribution is 2.24. The molecule has 1 aromatic heterocycles. The third kappa shape index (κ3) is 3.06. The van der Waals surface area contributed by atoms with Crippen LogP contribution in [0.25, 0.3) is 11.4 Å². The van der Waals surface area contributed by atoms with Crippen molar-refractivity contribution in [3.05, 3.63) is 30.1 Å². The molecule has 0 saturated carbocycles. The first-order valence-corrected chi connectivity index (χ1v) is 8.88. The summed E-state index contributed by atoms with van der Waals surface area (Å²) in [6, 6.07) is 7.86. The molecule has 2 N–H and O–H groups in total. The van der Waals surface area contributed by atoms with Crippen molar-refractivity contribution in [2.75, 3.05) is 11.9 Å². The van der Waals surface area contributed by atoms with Crippen molar-refractivity contribution in [2.45, 2.75) is 51.1 Å². The second-order valence-corrected chi connectivity index (χ2v) is 6.62. The standard InChI is InChI=1S/C18H23N5O/c24-18(15-5-4-11-19-15)20-14-9-7-13(8-10-14)17-22-21-16-6-2-1-3-12-23(16)17/h7-10,15,19H,1-6,11-12H2,(H,20,24). The van der Waals surface area contributed by atoms with Gasteiger partial charge in [0, 0.05) is 24.2 Å². The number of aryl methyl sites for hydroxylation is 1. The molecular formula is C18H23N5O. The van der Waals surface area contributed by atoms with E-state index in [-0.39, 0.29) is 11.9 Å². The van der Waals surface area contributed by atoms with Gasteiger partial charge in [0.1, 0.15) is 5.82 Å². The van der Waals surface area contributed by atoms with Crippen LogP contribution >= 0.6 is 0 Å². The lowest BCUT2D eigenvalue weighted by molar-refractivity contribution is -0.117. The maximum Gasteiger partial charge on any atom is 0.241 e. The van der Waals surface area contributed by atoms with Crippen molar-refractivity contribution in [3.8, 4) is 11.4 Å². The van der Waals surface area contributed by atoms with Gasteiger partial charge in [0.05, 0.1) is 6.04 Å². The summed E-state index contributed by atoms with van der Waals surface area (Å²) in [6.07, 6.45) is 6.61. The molecule has 0 radical (unpaired) electrons. The zero-order valence-corrected chi connectivity index (χ0v) is 13.8. The fourth-order valence-electron chi connectivity index (χ4n) is 3.54. The molecule has 2 aromatic rings. The van der Waals surface area contributed by atoms with Crippen LogP contribution in [-0.4, -0.2) is 33.3 Å². The number of nitrogens with one attached hydrogen (secondary N) is 2. The predicted molar refractivity (Wildman–Crippen MR) is 92.7 cm³/mol. The van der Waals surface area contributed by atoms with E-state index in [1.165, 1.54) is 19.3 Å². The van der Waals surface area contributed by atoms with Crippen molar-refractivity contribution >= 4 is 11.6 Å². The number of nitrogens with zero attached hydrogens (tertiary/aromatic N) is 3. The average molecular weight is 325 g/mol. The van der Waals surface area contributed by atoms with E-state index >= 15 is 0 Å². The van der Waals surface area contributed by atoms with Crippen LogP contribution in [0.3, 0.4) is 0 Å². The van der Waals surface area contributed by atoms with Gasteiger partial charge in [0.25, 0.3) is 0 Å². The number of carbonyl (C=O) groups excluding carboxylic acids is 1. The number of anilines is 1. The molecule has 1 aromatic carbocycles. The minimum absolute atomic E-state index is 0.0524. The van der Waals surface area contributed by atoms with Gasteiger partial charge in [-0.2, -0.15) is 0 Å². The molecular weight excluding hydrogens is 302 g/mol. The summed E-state index contributed by atoms with van der Waals surface area (Å²) in [7, 11) is 0. The molecule has 1 saturated heterocycles. The number of hydrogen-bond acceptors (Lipinski definition) is 4. The maximum absolute atomic E-state index is 12.2. The first kappa shape index (κ1) is 15.3. The molecule has 3 heterocycles. The van der Waals surface area contributed by atoms with E-state index in [1.807, 2.05) is 24.3 Å². The lowest BCUT2D eigenvalue weighted by atomic mass is 10.1. The van der Waals surface area contributed by atoms with Crippen molar-refractivity contribution in [1.82, 2.24) is 20.1 Å². The summed E-state index contributed by atoms with van der Waals surface area (Å²) >= 11 is 0. The number of hydrogen-bond donors (Lipinski definition) is 2. The predicted octanol–water partition coefficient (Wildman–Crippen LogP) is 2.36. The smallest absolute Gasteiger partial charge is 0.241 e. The van der Waals surface area contributed by atoms with Gasteiger partial charge < -0.3 is 15.2 Å². The maximum atomic E-state index is 12.2. The average Bonchev–Trinajstić information content (AvgIpc) is 3.22. The van der Waals surface area contributed by atoms with Crippen LogP contribution in [0.1, 0.15) is 37.9 Å². The lowest BCUT2D eigenvalue weighted by Gasteiger charge is -2.12. The summed E-state index contributed by atoms with van der Waals surface area (Å²) in [6.45, 7) is 1.92. The van der Waals surface area contributed by atoms with Gasteiger partial charge in [-0.25, -0.2) is 0 Å². The highest BCUT2D eigenvalue weighted by atomic mass is 16.2. The quantitative estimate of drug-likeness (QED) is 0.909. The number of rotatable bonds is 3. The Morgan fingerprint density at radius 3 is 2.79 bits per heavy atom. The van der Waals surface area contributed by atoms with E-state index in [4.69, 9.17) is 0 Å². The molecule has 0 bridgehead atoms. The monoisotopic (exact) mass is 325 g/mol. The molecule has 1 atom stereocenters. The Kier molecular flexibility index (Phi) is 4.30. The van der Waals surface area contributed by atoms with Crippen LogP contribution in [0.5, 0.6) is 0 Å². The van der Waals surface area contributed by atoms with Crippen LogP contribution < -0.4 is 10.6 Å². The molecule has 1 fully saturated rings. The molecule has 2 aliphatic rings. The number of carbonyl (C=O) groups is 1. The second-order valence-electron chi connectivity index (χ2n) is 6.62. The van der Waals surface area contributed by atoms with E-state index in [2.05, 4.69) is 25.4 Å². The zero-order valence-electron chi connectivity index (χ0n) is 13.8. The minimum Gasteiger partial charge on any atom is -0.325 e. The van der Waals surface area contributed by atoms with Gasteiger partial charge in [-0.15, -0.1) is 10.2 Å². The van der Waals surface area contributed by atoms with E-state index in [0.29, 0.717) is 0 Å². The van der Waals surface area contributed by atoms with Gasteiger partial charge in [-0.3, -0.25) is 4.79 Å². The van der Waals surface area contributed by atoms with E-state index in [1.54, 1.807) is 0 Å². The minimum atomic E-state index is -0.0584. The van der Waals surface area contributed by atoms with Gasteiger partial charge in [-0.1, -0.05) is 6.42 Å². The third-order valence-electron chi connectivity index (χ3n) is 4.90.